The van der Waals surface area contributed by atoms with Crippen molar-refractivity contribution in [1.29, 1.82) is 0 Å². The van der Waals surface area contributed by atoms with Crippen molar-refractivity contribution in [3.63, 3.8) is 0 Å². The van der Waals surface area contributed by atoms with Gasteiger partial charge in [0.25, 0.3) is 5.91 Å². The number of amides is 1. The SMILES string of the molecule is CCOc1ccc(-n2cc(C(=O)NN)nn2)cc1. The monoisotopic (exact) mass is 247 g/mol. The smallest absolute Gasteiger partial charge is 0.287 e. The van der Waals surface area contributed by atoms with Crippen LogP contribution in [0.25, 0.3) is 5.69 Å². The summed E-state index contributed by atoms with van der Waals surface area (Å²) in [5.74, 6) is 5.31. The summed E-state index contributed by atoms with van der Waals surface area (Å²) < 4.78 is 6.82. The predicted molar refractivity (Wildman–Crippen MR) is 64.2 cm³/mol. The number of benzene rings is 1. The fraction of sp³-hybridized carbons (Fsp3) is 0.182. The summed E-state index contributed by atoms with van der Waals surface area (Å²) in [4.78, 5) is 11.2. The van der Waals surface area contributed by atoms with Crippen LogP contribution in [0.2, 0.25) is 0 Å². The molecule has 0 unspecified atom stereocenters. The molecule has 94 valence electrons. The maximum absolute atomic E-state index is 11.2. The second kappa shape index (κ2) is 5.28. The molecule has 0 aliphatic carbocycles. The number of nitrogen functional groups attached to an aromatic ring is 1. The van der Waals surface area contributed by atoms with Crippen molar-refractivity contribution in [2.24, 2.45) is 5.84 Å². The van der Waals surface area contributed by atoms with Crippen LogP contribution in [0.15, 0.2) is 30.5 Å². The van der Waals surface area contributed by atoms with E-state index in [1.807, 2.05) is 36.6 Å². The molecule has 0 atom stereocenters. The van der Waals surface area contributed by atoms with Gasteiger partial charge in [-0.1, -0.05) is 5.21 Å². The van der Waals surface area contributed by atoms with E-state index in [9.17, 15) is 4.79 Å². The summed E-state index contributed by atoms with van der Waals surface area (Å²) >= 11 is 0. The van der Waals surface area contributed by atoms with Gasteiger partial charge >= 0.3 is 0 Å². The number of nitrogens with one attached hydrogen (secondary N) is 1. The van der Waals surface area contributed by atoms with Gasteiger partial charge in [0.15, 0.2) is 5.69 Å². The molecule has 1 heterocycles. The van der Waals surface area contributed by atoms with Crippen molar-refractivity contribution < 1.29 is 9.53 Å². The van der Waals surface area contributed by atoms with Crippen molar-refractivity contribution in [3.05, 3.63) is 36.2 Å². The van der Waals surface area contributed by atoms with Gasteiger partial charge in [-0.2, -0.15) is 0 Å². The zero-order valence-electron chi connectivity index (χ0n) is 9.83. The van der Waals surface area contributed by atoms with E-state index in [-0.39, 0.29) is 5.69 Å². The lowest BCUT2D eigenvalue weighted by atomic mass is 10.3. The molecule has 0 saturated heterocycles. The number of carbonyl (C=O) groups is 1. The molecule has 3 N–H and O–H groups in total. The molecule has 0 aliphatic heterocycles. The number of aromatic nitrogens is 3. The van der Waals surface area contributed by atoms with E-state index < -0.39 is 5.91 Å². The van der Waals surface area contributed by atoms with Crippen LogP contribution in [-0.4, -0.2) is 27.5 Å². The van der Waals surface area contributed by atoms with Crippen LogP contribution < -0.4 is 16.0 Å². The second-order valence-corrected chi connectivity index (χ2v) is 3.45. The molecule has 2 rings (SSSR count). The quantitative estimate of drug-likeness (QED) is 0.459. The minimum absolute atomic E-state index is 0.159. The first-order chi connectivity index (χ1) is 8.74. The first-order valence-corrected chi connectivity index (χ1v) is 5.41. The van der Waals surface area contributed by atoms with Gasteiger partial charge in [-0.3, -0.25) is 10.2 Å². The molecule has 7 heteroatoms. The van der Waals surface area contributed by atoms with Gasteiger partial charge in [-0.05, 0) is 31.2 Å². The summed E-state index contributed by atoms with van der Waals surface area (Å²) in [5.41, 5.74) is 2.94. The normalized spacial score (nSPS) is 10.1. The zero-order chi connectivity index (χ0) is 13.0. The van der Waals surface area contributed by atoms with E-state index in [1.165, 1.54) is 10.9 Å². The van der Waals surface area contributed by atoms with Gasteiger partial charge < -0.3 is 4.74 Å². The maximum atomic E-state index is 11.2. The molecule has 1 aromatic heterocycles. The highest BCUT2D eigenvalue weighted by atomic mass is 16.5. The highest BCUT2D eigenvalue weighted by Gasteiger charge is 2.09. The number of nitrogens with two attached hydrogens (primary N) is 1. The molecule has 0 radical (unpaired) electrons. The molecule has 1 aromatic carbocycles. The van der Waals surface area contributed by atoms with Crippen LogP contribution >= 0.6 is 0 Å². The topological polar surface area (TPSA) is 95.1 Å². The Hall–Kier alpha value is -2.41. The van der Waals surface area contributed by atoms with Gasteiger partial charge in [0.2, 0.25) is 0 Å². The van der Waals surface area contributed by atoms with E-state index in [1.54, 1.807) is 0 Å². The molecule has 0 bridgehead atoms. The van der Waals surface area contributed by atoms with Crippen molar-refractivity contribution in [2.75, 3.05) is 6.61 Å². The highest BCUT2D eigenvalue weighted by Crippen LogP contribution is 2.14. The van der Waals surface area contributed by atoms with E-state index in [0.717, 1.165) is 11.4 Å². The number of ether oxygens (including phenoxy) is 1. The number of hydrogen-bond donors (Lipinski definition) is 2. The lowest BCUT2D eigenvalue weighted by Gasteiger charge is -2.04. The number of hydrazine groups is 1. The predicted octanol–water partition coefficient (Wildman–Crippen LogP) is 0.269. The van der Waals surface area contributed by atoms with E-state index in [0.29, 0.717) is 6.61 Å². The molecular formula is C11H13N5O2. The van der Waals surface area contributed by atoms with Crippen LogP contribution in [0, 0.1) is 0 Å². The Labute approximate surface area is 104 Å². The Morgan fingerprint density at radius 2 is 2.17 bits per heavy atom. The van der Waals surface area contributed by atoms with E-state index in [4.69, 9.17) is 10.6 Å². The lowest BCUT2D eigenvalue weighted by molar-refractivity contribution is 0.0948. The van der Waals surface area contributed by atoms with Crippen molar-refractivity contribution >= 4 is 5.91 Å². The Morgan fingerprint density at radius 1 is 1.44 bits per heavy atom. The van der Waals surface area contributed by atoms with Gasteiger partial charge in [0.1, 0.15) is 5.75 Å². The lowest BCUT2D eigenvalue weighted by Crippen LogP contribution is -2.30. The van der Waals surface area contributed by atoms with Crippen LogP contribution in [-0.2, 0) is 0 Å². The van der Waals surface area contributed by atoms with Gasteiger partial charge in [0.05, 0.1) is 18.5 Å². The minimum Gasteiger partial charge on any atom is -0.494 e. The second-order valence-electron chi connectivity index (χ2n) is 3.45. The largest absolute Gasteiger partial charge is 0.494 e. The number of nitrogens with zero attached hydrogens (tertiary/aromatic N) is 3. The summed E-state index contributed by atoms with van der Waals surface area (Å²) in [6, 6.07) is 7.29. The zero-order valence-corrected chi connectivity index (χ0v) is 9.83. The van der Waals surface area contributed by atoms with Crippen LogP contribution in [0.1, 0.15) is 17.4 Å². The fourth-order valence-corrected chi connectivity index (χ4v) is 1.43. The van der Waals surface area contributed by atoms with Gasteiger partial charge in [0, 0.05) is 0 Å². The first kappa shape index (κ1) is 12.1. The van der Waals surface area contributed by atoms with E-state index >= 15 is 0 Å². The molecule has 18 heavy (non-hydrogen) atoms. The molecule has 0 aliphatic rings. The van der Waals surface area contributed by atoms with E-state index in [2.05, 4.69) is 10.3 Å². The maximum Gasteiger partial charge on any atom is 0.287 e. The minimum atomic E-state index is -0.479. The number of hydrogen-bond acceptors (Lipinski definition) is 5. The average molecular weight is 247 g/mol. The Morgan fingerprint density at radius 3 is 2.78 bits per heavy atom. The number of rotatable bonds is 4. The molecule has 1 amide bonds. The van der Waals surface area contributed by atoms with Crippen LogP contribution in [0.3, 0.4) is 0 Å². The summed E-state index contributed by atoms with van der Waals surface area (Å²) in [6.07, 6.45) is 1.50. The fourth-order valence-electron chi connectivity index (χ4n) is 1.43. The third-order valence-corrected chi connectivity index (χ3v) is 2.27. The molecule has 0 fully saturated rings. The Kier molecular flexibility index (Phi) is 3.54. The highest BCUT2D eigenvalue weighted by molar-refractivity contribution is 5.91. The standard InChI is InChI=1S/C11H13N5O2/c1-2-18-9-5-3-8(4-6-9)16-7-10(14-15-16)11(17)13-12/h3-7H,2,12H2,1H3,(H,13,17). The Bertz CT molecular complexity index is 535. The van der Waals surface area contributed by atoms with Crippen molar-refractivity contribution in [2.45, 2.75) is 6.92 Å². The summed E-state index contributed by atoms with van der Waals surface area (Å²) in [7, 11) is 0. The molecule has 0 saturated carbocycles. The average Bonchev–Trinajstić information content (AvgIpc) is 2.89. The third-order valence-electron chi connectivity index (χ3n) is 2.27. The number of carbonyl (C=O) groups excluding carboxylic acids is 1. The first-order valence-electron chi connectivity index (χ1n) is 5.41. The van der Waals surface area contributed by atoms with Gasteiger partial charge in [-0.25, -0.2) is 10.5 Å². The summed E-state index contributed by atoms with van der Waals surface area (Å²) in [5, 5.41) is 7.55. The van der Waals surface area contributed by atoms with Crippen LogP contribution in [0.5, 0.6) is 5.75 Å². The molecular weight excluding hydrogens is 234 g/mol. The molecule has 0 spiro atoms. The molecule has 7 nitrogen and oxygen atoms in total. The summed E-state index contributed by atoms with van der Waals surface area (Å²) in [6.45, 7) is 2.53. The van der Waals surface area contributed by atoms with Gasteiger partial charge in [-0.15, -0.1) is 5.10 Å². The van der Waals surface area contributed by atoms with Crippen molar-refractivity contribution in [1.82, 2.24) is 20.4 Å². The third kappa shape index (κ3) is 2.46. The Balaban J connectivity index is 2.20. The molecule has 2 aromatic rings. The van der Waals surface area contributed by atoms with Crippen LogP contribution in [0.4, 0.5) is 0 Å². The van der Waals surface area contributed by atoms with Crippen molar-refractivity contribution in [3.8, 4) is 11.4 Å².